The summed E-state index contributed by atoms with van der Waals surface area (Å²) < 4.78 is 54.4. The Morgan fingerprint density at radius 2 is 1.88 bits per heavy atom. The first-order chi connectivity index (χ1) is 12.3. The Labute approximate surface area is 146 Å². The zero-order valence-electron chi connectivity index (χ0n) is 13.7. The molecule has 2 aromatic carbocycles. The normalized spacial score (nSPS) is 11.9. The Balaban J connectivity index is 2.27. The molecule has 0 aliphatic heterocycles. The van der Waals surface area contributed by atoms with Gasteiger partial charge in [0.25, 0.3) is 5.91 Å². The summed E-state index contributed by atoms with van der Waals surface area (Å²) in [4.78, 5) is 16.9. The predicted octanol–water partition coefficient (Wildman–Crippen LogP) is 3.42. The molecular weight excluding hydrogens is 356 g/mol. The summed E-state index contributed by atoms with van der Waals surface area (Å²) in [5.74, 6) is -5.54. The van der Waals surface area contributed by atoms with Gasteiger partial charge in [0.2, 0.25) is 0 Å². The third-order valence-electron chi connectivity index (χ3n) is 3.44. The third kappa shape index (κ3) is 4.70. The third-order valence-corrected chi connectivity index (χ3v) is 3.44. The maximum Gasteiger partial charge on any atom is 0.277 e. The fraction of sp³-hybridized carbons (Fsp3) is 0.235. The molecule has 5 nitrogen and oxygen atoms in total. The molecule has 9 heteroatoms. The van der Waals surface area contributed by atoms with Gasteiger partial charge in [-0.3, -0.25) is 9.63 Å². The average Bonchev–Trinajstić information content (AvgIpc) is 2.60. The lowest BCUT2D eigenvalue weighted by Crippen LogP contribution is -2.29. The Kier molecular flexibility index (Phi) is 6.53. The van der Waals surface area contributed by atoms with Crippen molar-refractivity contribution >= 4 is 17.3 Å². The van der Waals surface area contributed by atoms with Crippen LogP contribution in [0, 0.1) is 23.3 Å². The number of anilines is 2. The second-order valence-corrected chi connectivity index (χ2v) is 5.34. The molecule has 0 saturated carbocycles. The number of amides is 1. The highest BCUT2D eigenvalue weighted by Crippen LogP contribution is 2.28. The van der Waals surface area contributed by atoms with Gasteiger partial charge in [-0.2, -0.15) is 0 Å². The summed E-state index contributed by atoms with van der Waals surface area (Å²) in [6, 6.07) is 4.13. The molecule has 140 valence electrons. The van der Waals surface area contributed by atoms with Gasteiger partial charge >= 0.3 is 0 Å². The minimum Gasteiger partial charge on any atom is -0.391 e. The predicted molar refractivity (Wildman–Crippen MR) is 85.7 cm³/mol. The number of benzene rings is 2. The van der Waals surface area contributed by atoms with Crippen molar-refractivity contribution in [1.29, 1.82) is 0 Å². The van der Waals surface area contributed by atoms with Gasteiger partial charge in [-0.1, -0.05) is 6.92 Å². The largest absolute Gasteiger partial charge is 0.391 e. The van der Waals surface area contributed by atoms with Crippen molar-refractivity contribution in [3.8, 4) is 0 Å². The molecule has 0 bridgehead atoms. The van der Waals surface area contributed by atoms with Crippen molar-refractivity contribution in [2.75, 3.05) is 11.9 Å². The van der Waals surface area contributed by atoms with Crippen LogP contribution < -0.4 is 10.8 Å². The lowest BCUT2D eigenvalue weighted by Gasteiger charge is -2.15. The minimum absolute atomic E-state index is 0.207. The first-order valence-corrected chi connectivity index (χ1v) is 7.63. The number of nitrogens with one attached hydrogen (secondary N) is 2. The van der Waals surface area contributed by atoms with Gasteiger partial charge in [0, 0.05) is 6.07 Å². The molecule has 1 amide bonds. The first-order valence-electron chi connectivity index (χ1n) is 7.63. The second kappa shape index (κ2) is 8.63. The molecule has 1 atom stereocenters. The van der Waals surface area contributed by atoms with Crippen LogP contribution in [-0.2, 0) is 4.84 Å². The molecule has 3 N–H and O–H groups in total. The van der Waals surface area contributed by atoms with E-state index in [1.54, 1.807) is 6.92 Å². The molecule has 1 unspecified atom stereocenters. The van der Waals surface area contributed by atoms with Crippen molar-refractivity contribution in [2.24, 2.45) is 0 Å². The van der Waals surface area contributed by atoms with E-state index in [9.17, 15) is 27.5 Å². The van der Waals surface area contributed by atoms with Crippen molar-refractivity contribution in [3.05, 3.63) is 59.2 Å². The number of hydrogen-bond donors (Lipinski definition) is 3. The van der Waals surface area contributed by atoms with E-state index in [0.717, 1.165) is 24.3 Å². The summed E-state index contributed by atoms with van der Waals surface area (Å²) in [5, 5.41) is 11.6. The van der Waals surface area contributed by atoms with Crippen LogP contribution in [0.15, 0.2) is 30.3 Å². The van der Waals surface area contributed by atoms with Crippen LogP contribution >= 0.6 is 0 Å². The van der Waals surface area contributed by atoms with Gasteiger partial charge in [0.05, 0.1) is 23.0 Å². The number of hydrogen-bond acceptors (Lipinski definition) is 4. The van der Waals surface area contributed by atoms with E-state index >= 15 is 0 Å². The first kappa shape index (κ1) is 19.7. The molecule has 0 saturated heterocycles. The van der Waals surface area contributed by atoms with Crippen molar-refractivity contribution in [1.82, 2.24) is 5.48 Å². The summed E-state index contributed by atoms with van der Waals surface area (Å²) >= 11 is 0. The van der Waals surface area contributed by atoms with Crippen LogP contribution in [0.4, 0.5) is 28.9 Å². The molecule has 0 aliphatic rings. The zero-order chi connectivity index (χ0) is 19.3. The number of rotatable bonds is 7. The van der Waals surface area contributed by atoms with E-state index < -0.39 is 41.0 Å². The Bertz CT molecular complexity index is 802. The minimum atomic E-state index is -1.42. The van der Waals surface area contributed by atoms with E-state index in [-0.39, 0.29) is 17.9 Å². The standard InChI is InChI=1S/C17H16F4N2O3/c1-2-10(24)8-26-23-17(25)11-4-5-12(19)15(21)16(11)22-14-6-3-9(18)7-13(14)20/h3-7,10,22,24H,2,8H2,1H3,(H,23,25). The summed E-state index contributed by atoms with van der Waals surface area (Å²) in [6.07, 6.45) is -0.427. The highest BCUT2D eigenvalue weighted by atomic mass is 19.2. The quantitative estimate of drug-likeness (QED) is 0.515. The zero-order valence-corrected chi connectivity index (χ0v) is 13.7. The van der Waals surface area contributed by atoms with Gasteiger partial charge in [0.1, 0.15) is 18.2 Å². The second-order valence-electron chi connectivity index (χ2n) is 5.34. The Hall–Kier alpha value is -2.65. The number of hydroxylamine groups is 1. The molecular formula is C17H16F4N2O3. The van der Waals surface area contributed by atoms with Crippen molar-refractivity contribution in [3.63, 3.8) is 0 Å². The van der Waals surface area contributed by atoms with E-state index in [1.165, 1.54) is 0 Å². The topological polar surface area (TPSA) is 70.6 Å². The molecule has 0 fully saturated rings. The Morgan fingerprint density at radius 3 is 2.54 bits per heavy atom. The highest BCUT2D eigenvalue weighted by molar-refractivity contribution is 5.99. The molecule has 0 spiro atoms. The van der Waals surface area contributed by atoms with Crippen molar-refractivity contribution < 1.29 is 32.3 Å². The maximum atomic E-state index is 14.1. The van der Waals surface area contributed by atoms with E-state index in [0.29, 0.717) is 12.5 Å². The Morgan fingerprint density at radius 1 is 1.15 bits per heavy atom. The fourth-order valence-electron chi connectivity index (χ4n) is 1.96. The highest BCUT2D eigenvalue weighted by Gasteiger charge is 2.20. The summed E-state index contributed by atoms with van der Waals surface area (Å²) in [7, 11) is 0. The molecule has 0 radical (unpaired) electrons. The van der Waals surface area contributed by atoms with E-state index in [2.05, 4.69) is 5.32 Å². The summed E-state index contributed by atoms with van der Waals surface area (Å²) in [6.45, 7) is 1.49. The molecule has 0 aliphatic carbocycles. The van der Waals surface area contributed by atoms with Crippen molar-refractivity contribution in [2.45, 2.75) is 19.4 Å². The lowest BCUT2D eigenvalue weighted by atomic mass is 10.1. The van der Waals surface area contributed by atoms with Crippen LogP contribution in [-0.4, -0.2) is 23.7 Å². The number of halogens is 4. The van der Waals surface area contributed by atoms with Gasteiger partial charge in [-0.25, -0.2) is 23.0 Å². The van der Waals surface area contributed by atoms with E-state index in [4.69, 9.17) is 4.84 Å². The van der Waals surface area contributed by atoms with Crippen LogP contribution in [0.5, 0.6) is 0 Å². The van der Waals surface area contributed by atoms with Gasteiger partial charge in [0.15, 0.2) is 11.6 Å². The average molecular weight is 372 g/mol. The van der Waals surface area contributed by atoms with Crippen LogP contribution in [0.1, 0.15) is 23.7 Å². The fourth-order valence-corrected chi connectivity index (χ4v) is 1.96. The van der Waals surface area contributed by atoms with Crippen LogP contribution in [0.3, 0.4) is 0 Å². The van der Waals surface area contributed by atoms with Gasteiger partial charge < -0.3 is 10.4 Å². The van der Waals surface area contributed by atoms with Crippen LogP contribution in [0.25, 0.3) is 0 Å². The summed E-state index contributed by atoms with van der Waals surface area (Å²) in [5.41, 5.74) is 0.603. The molecule has 26 heavy (non-hydrogen) atoms. The maximum absolute atomic E-state index is 14.1. The molecule has 0 aromatic heterocycles. The molecule has 0 heterocycles. The smallest absolute Gasteiger partial charge is 0.277 e. The number of carbonyl (C=O) groups is 1. The molecule has 2 rings (SSSR count). The number of aliphatic hydroxyl groups excluding tert-OH is 1. The number of carbonyl (C=O) groups excluding carboxylic acids is 1. The van der Waals surface area contributed by atoms with Gasteiger partial charge in [-0.15, -0.1) is 0 Å². The monoisotopic (exact) mass is 372 g/mol. The lowest BCUT2D eigenvalue weighted by molar-refractivity contribution is -0.0133. The number of aliphatic hydroxyl groups is 1. The van der Waals surface area contributed by atoms with Gasteiger partial charge in [-0.05, 0) is 30.7 Å². The molecule has 2 aromatic rings. The SMILES string of the molecule is CCC(O)CONC(=O)c1ccc(F)c(F)c1Nc1ccc(F)cc1F. The van der Waals surface area contributed by atoms with E-state index in [1.807, 2.05) is 5.48 Å². The van der Waals surface area contributed by atoms with Crippen LogP contribution in [0.2, 0.25) is 0 Å².